The Hall–Kier alpha value is -1.98. The summed E-state index contributed by atoms with van der Waals surface area (Å²) in [6.45, 7) is 3.06. The Labute approximate surface area is 111 Å². The zero-order valence-corrected chi connectivity index (χ0v) is 11.3. The Balaban J connectivity index is 3.06. The first-order chi connectivity index (χ1) is 8.77. The van der Waals surface area contributed by atoms with E-state index in [4.69, 9.17) is 5.26 Å². The average molecular weight is 283 g/mol. The SMILES string of the molecule is Cc1ccc(S(=O)(=O)NCC(C)C#N)cc1[N+](=O)[O-]. The minimum absolute atomic E-state index is 0.0412. The van der Waals surface area contributed by atoms with Gasteiger partial charge in [0, 0.05) is 18.2 Å². The van der Waals surface area contributed by atoms with Crippen molar-refractivity contribution in [1.82, 2.24) is 4.72 Å². The van der Waals surface area contributed by atoms with E-state index in [9.17, 15) is 18.5 Å². The molecule has 102 valence electrons. The van der Waals surface area contributed by atoms with Gasteiger partial charge in [-0.05, 0) is 19.9 Å². The number of hydrogen-bond acceptors (Lipinski definition) is 5. The van der Waals surface area contributed by atoms with Crippen molar-refractivity contribution in [2.45, 2.75) is 18.7 Å². The number of nitriles is 1. The predicted octanol–water partition coefficient (Wildman–Crippen LogP) is 1.34. The van der Waals surface area contributed by atoms with Crippen molar-refractivity contribution in [3.8, 4) is 6.07 Å². The maximum atomic E-state index is 11.9. The van der Waals surface area contributed by atoms with E-state index in [2.05, 4.69) is 4.72 Å². The van der Waals surface area contributed by atoms with E-state index >= 15 is 0 Å². The van der Waals surface area contributed by atoms with E-state index in [0.717, 1.165) is 6.07 Å². The van der Waals surface area contributed by atoms with Crippen LogP contribution >= 0.6 is 0 Å². The number of rotatable bonds is 5. The second kappa shape index (κ2) is 5.77. The van der Waals surface area contributed by atoms with Crippen molar-refractivity contribution in [1.29, 1.82) is 5.26 Å². The van der Waals surface area contributed by atoms with Crippen molar-refractivity contribution in [2.24, 2.45) is 5.92 Å². The Morgan fingerprint density at radius 2 is 2.16 bits per heavy atom. The number of aryl methyl sites for hydroxylation is 1. The van der Waals surface area contributed by atoms with Gasteiger partial charge in [-0.2, -0.15) is 5.26 Å². The van der Waals surface area contributed by atoms with Crippen molar-refractivity contribution in [3.05, 3.63) is 33.9 Å². The lowest BCUT2D eigenvalue weighted by Crippen LogP contribution is -2.28. The summed E-state index contributed by atoms with van der Waals surface area (Å²) in [6.07, 6.45) is 0. The van der Waals surface area contributed by atoms with Crippen LogP contribution in [0.2, 0.25) is 0 Å². The van der Waals surface area contributed by atoms with E-state index < -0.39 is 20.9 Å². The fourth-order valence-corrected chi connectivity index (χ4v) is 2.47. The Bertz CT molecular complexity index is 634. The quantitative estimate of drug-likeness (QED) is 0.647. The number of hydrogen-bond donors (Lipinski definition) is 1. The topological polar surface area (TPSA) is 113 Å². The zero-order chi connectivity index (χ0) is 14.6. The van der Waals surface area contributed by atoms with Gasteiger partial charge in [0.25, 0.3) is 5.69 Å². The zero-order valence-electron chi connectivity index (χ0n) is 10.5. The molecular weight excluding hydrogens is 270 g/mol. The lowest BCUT2D eigenvalue weighted by molar-refractivity contribution is -0.385. The summed E-state index contributed by atoms with van der Waals surface area (Å²) < 4.78 is 26.0. The van der Waals surface area contributed by atoms with Gasteiger partial charge < -0.3 is 0 Å². The van der Waals surface area contributed by atoms with Gasteiger partial charge >= 0.3 is 0 Å². The maximum Gasteiger partial charge on any atom is 0.273 e. The molecule has 0 aromatic heterocycles. The molecule has 0 bridgehead atoms. The van der Waals surface area contributed by atoms with Gasteiger partial charge in [0.05, 0.1) is 21.8 Å². The van der Waals surface area contributed by atoms with Crippen molar-refractivity contribution in [3.63, 3.8) is 0 Å². The first-order valence-electron chi connectivity index (χ1n) is 5.42. The van der Waals surface area contributed by atoms with E-state index in [-0.39, 0.29) is 17.1 Å². The molecule has 1 rings (SSSR count). The molecular formula is C11H13N3O4S. The molecule has 0 radical (unpaired) electrons. The fourth-order valence-electron chi connectivity index (χ4n) is 1.32. The molecule has 0 aliphatic rings. The Morgan fingerprint density at radius 3 is 2.68 bits per heavy atom. The highest BCUT2D eigenvalue weighted by molar-refractivity contribution is 7.89. The summed E-state index contributed by atoms with van der Waals surface area (Å²) >= 11 is 0. The summed E-state index contributed by atoms with van der Waals surface area (Å²) in [5, 5.41) is 19.3. The molecule has 0 aliphatic heterocycles. The van der Waals surface area contributed by atoms with Crippen LogP contribution in [-0.4, -0.2) is 19.9 Å². The monoisotopic (exact) mass is 283 g/mol. The van der Waals surface area contributed by atoms with Crippen LogP contribution in [-0.2, 0) is 10.0 Å². The standard InChI is InChI=1S/C11H13N3O4S/c1-8(6-12)7-13-19(17,18)10-4-3-9(2)11(5-10)14(15)16/h3-5,8,13H,7H2,1-2H3. The van der Waals surface area contributed by atoms with Gasteiger partial charge in [-0.15, -0.1) is 0 Å². The van der Waals surface area contributed by atoms with Crippen LogP contribution in [0.1, 0.15) is 12.5 Å². The Morgan fingerprint density at radius 1 is 1.53 bits per heavy atom. The van der Waals surface area contributed by atoms with E-state index in [1.54, 1.807) is 6.92 Å². The summed E-state index contributed by atoms with van der Waals surface area (Å²) in [7, 11) is -3.84. The summed E-state index contributed by atoms with van der Waals surface area (Å²) in [6, 6.07) is 5.57. The third-order valence-electron chi connectivity index (χ3n) is 2.49. The van der Waals surface area contributed by atoms with Crippen molar-refractivity contribution < 1.29 is 13.3 Å². The van der Waals surface area contributed by atoms with Gasteiger partial charge in [-0.1, -0.05) is 6.07 Å². The molecule has 0 saturated carbocycles. The molecule has 0 amide bonds. The van der Waals surface area contributed by atoms with Gasteiger partial charge in [0.2, 0.25) is 10.0 Å². The molecule has 1 N–H and O–H groups in total. The highest BCUT2D eigenvalue weighted by Gasteiger charge is 2.20. The normalized spacial score (nSPS) is 12.7. The van der Waals surface area contributed by atoms with Gasteiger partial charge in [-0.25, -0.2) is 13.1 Å². The van der Waals surface area contributed by atoms with Crippen LogP contribution in [0.5, 0.6) is 0 Å². The third kappa shape index (κ3) is 3.74. The van der Waals surface area contributed by atoms with Crippen LogP contribution in [0, 0.1) is 34.3 Å². The van der Waals surface area contributed by atoms with E-state index in [1.165, 1.54) is 19.1 Å². The lowest BCUT2D eigenvalue weighted by Gasteiger charge is -2.08. The van der Waals surface area contributed by atoms with Crippen LogP contribution in [0.25, 0.3) is 0 Å². The van der Waals surface area contributed by atoms with E-state index in [1.807, 2.05) is 6.07 Å². The number of nitro benzene ring substituents is 1. The molecule has 19 heavy (non-hydrogen) atoms. The molecule has 1 unspecified atom stereocenters. The minimum atomic E-state index is -3.84. The number of sulfonamides is 1. The highest BCUT2D eigenvalue weighted by Crippen LogP contribution is 2.22. The second-order valence-corrected chi connectivity index (χ2v) is 5.85. The van der Waals surface area contributed by atoms with Crippen LogP contribution < -0.4 is 4.72 Å². The molecule has 0 saturated heterocycles. The van der Waals surface area contributed by atoms with Crippen molar-refractivity contribution in [2.75, 3.05) is 6.54 Å². The maximum absolute atomic E-state index is 11.9. The molecule has 7 nitrogen and oxygen atoms in total. The largest absolute Gasteiger partial charge is 0.273 e. The van der Waals surface area contributed by atoms with E-state index in [0.29, 0.717) is 5.56 Å². The molecule has 1 aromatic rings. The summed E-state index contributed by atoms with van der Waals surface area (Å²) in [5.74, 6) is -0.477. The molecule has 0 aliphatic carbocycles. The minimum Gasteiger partial charge on any atom is -0.258 e. The van der Waals surface area contributed by atoms with Crippen molar-refractivity contribution >= 4 is 15.7 Å². The average Bonchev–Trinajstić information content (AvgIpc) is 2.35. The Kier molecular flexibility index (Phi) is 4.58. The number of nitro groups is 1. The molecule has 0 fully saturated rings. The number of benzene rings is 1. The molecule has 0 heterocycles. The first-order valence-corrected chi connectivity index (χ1v) is 6.90. The predicted molar refractivity (Wildman–Crippen MR) is 67.8 cm³/mol. The van der Waals surface area contributed by atoms with Gasteiger partial charge in [0.15, 0.2) is 0 Å². The molecule has 1 atom stereocenters. The lowest BCUT2D eigenvalue weighted by atomic mass is 10.2. The first kappa shape index (κ1) is 15.1. The van der Waals surface area contributed by atoms with Crippen LogP contribution in [0.3, 0.4) is 0 Å². The van der Waals surface area contributed by atoms with Gasteiger partial charge in [0.1, 0.15) is 0 Å². The summed E-state index contributed by atoms with van der Waals surface area (Å²) in [5.41, 5.74) is 0.130. The fraction of sp³-hybridized carbons (Fsp3) is 0.364. The second-order valence-electron chi connectivity index (χ2n) is 4.09. The smallest absolute Gasteiger partial charge is 0.258 e. The van der Waals surface area contributed by atoms with Crippen LogP contribution in [0.15, 0.2) is 23.1 Å². The van der Waals surface area contributed by atoms with Gasteiger partial charge in [-0.3, -0.25) is 10.1 Å². The number of nitrogens with one attached hydrogen (secondary N) is 1. The molecule has 0 spiro atoms. The van der Waals surface area contributed by atoms with Crippen LogP contribution in [0.4, 0.5) is 5.69 Å². The number of nitrogens with zero attached hydrogens (tertiary/aromatic N) is 2. The molecule has 1 aromatic carbocycles. The summed E-state index contributed by atoms with van der Waals surface area (Å²) in [4.78, 5) is 9.94. The highest BCUT2D eigenvalue weighted by atomic mass is 32.2. The third-order valence-corrected chi connectivity index (χ3v) is 3.91. The molecule has 8 heteroatoms.